The Labute approximate surface area is 181 Å². The Morgan fingerprint density at radius 2 is 1.83 bits per heavy atom. The molecule has 2 fully saturated rings. The average Bonchev–Trinajstić information content (AvgIpc) is 3.29. The van der Waals surface area contributed by atoms with Gasteiger partial charge in [-0.15, -0.1) is 10.2 Å². The molecule has 1 aliphatic heterocycles. The fourth-order valence-corrected chi connectivity index (χ4v) is 6.86. The van der Waals surface area contributed by atoms with E-state index in [1.807, 2.05) is 35.2 Å². The summed E-state index contributed by atoms with van der Waals surface area (Å²) < 4.78 is 25.5. The normalized spacial score (nSPS) is 21.5. The molecule has 8 nitrogen and oxygen atoms in total. The minimum Gasteiger partial charge on any atom is -0.335 e. The Bertz CT molecular complexity index is 987. The lowest BCUT2D eigenvalue weighted by Crippen LogP contribution is -2.49. The van der Waals surface area contributed by atoms with Crippen molar-refractivity contribution in [3.63, 3.8) is 0 Å². The van der Waals surface area contributed by atoms with Gasteiger partial charge in [0.05, 0.1) is 17.3 Å². The first-order chi connectivity index (χ1) is 14.4. The summed E-state index contributed by atoms with van der Waals surface area (Å²) in [5.41, 5.74) is 0.852. The van der Waals surface area contributed by atoms with Gasteiger partial charge in [0.1, 0.15) is 0 Å². The van der Waals surface area contributed by atoms with Crippen LogP contribution < -0.4 is 5.84 Å². The number of rotatable bonds is 6. The van der Waals surface area contributed by atoms with Crippen molar-refractivity contribution in [2.75, 3.05) is 23.1 Å². The number of aromatic nitrogens is 3. The van der Waals surface area contributed by atoms with Gasteiger partial charge in [-0.25, -0.2) is 13.1 Å². The summed E-state index contributed by atoms with van der Waals surface area (Å²) in [4.78, 5) is 15.1. The number of carbonyl (C=O) groups is 1. The lowest BCUT2D eigenvalue weighted by molar-refractivity contribution is -0.133. The predicted octanol–water partition coefficient (Wildman–Crippen LogP) is 2.10. The summed E-state index contributed by atoms with van der Waals surface area (Å²) in [5, 5.41) is 8.76. The first kappa shape index (κ1) is 21.2. The van der Waals surface area contributed by atoms with Crippen LogP contribution in [0.1, 0.15) is 38.5 Å². The molecular weight excluding hydrogens is 422 g/mol. The SMILES string of the molecule is Nn1c(SCC(=O)N(C2CCCCC2)C2CCS(=O)(=O)C2)nnc1-c1ccccc1. The van der Waals surface area contributed by atoms with E-state index in [1.165, 1.54) is 22.9 Å². The second-order valence-corrected chi connectivity index (χ2v) is 11.2. The van der Waals surface area contributed by atoms with Gasteiger partial charge < -0.3 is 10.7 Å². The molecule has 2 heterocycles. The second-order valence-electron chi connectivity index (χ2n) is 7.98. The summed E-state index contributed by atoms with van der Waals surface area (Å²) in [6.45, 7) is 0. The molecule has 0 radical (unpaired) electrons. The summed E-state index contributed by atoms with van der Waals surface area (Å²) >= 11 is 1.25. The number of hydrogen-bond acceptors (Lipinski definition) is 7. The summed E-state index contributed by atoms with van der Waals surface area (Å²) in [5.74, 6) is 7.06. The molecular formula is C20H27N5O3S2. The number of benzene rings is 1. The van der Waals surface area contributed by atoms with Crippen LogP contribution in [0.25, 0.3) is 11.4 Å². The van der Waals surface area contributed by atoms with Crippen molar-refractivity contribution in [2.45, 2.75) is 55.8 Å². The molecule has 1 amide bonds. The molecule has 1 aliphatic carbocycles. The maximum absolute atomic E-state index is 13.2. The van der Waals surface area contributed by atoms with Gasteiger partial charge in [0, 0.05) is 17.6 Å². The summed E-state index contributed by atoms with van der Waals surface area (Å²) in [6, 6.07) is 9.42. The number of amides is 1. The van der Waals surface area contributed by atoms with Crippen molar-refractivity contribution in [3.05, 3.63) is 30.3 Å². The molecule has 2 aliphatic rings. The summed E-state index contributed by atoms with van der Waals surface area (Å²) in [6.07, 6.45) is 5.75. The monoisotopic (exact) mass is 449 g/mol. The molecule has 1 atom stereocenters. The van der Waals surface area contributed by atoms with Crippen LogP contribution in [0.3, 0.4) is 0 Å². The maximum Gasteiger partial charge on any atom is 0.233 e. The molecule has 1 aromatic carbocycles. The predicted molar refractivity (Wildman–Crippen MR) is 117 cm³/mol. The largest absolute Gasteiger partial charge is 0.335 e. The Morgan fingerprint density at radius 1 is 1.10 bits per heavy atom. The van der Waals surface area contributed by atoms with Crippen LogP contribution in [0.4, 0.5) is 0 Å². The molecule has 30 heavy (non-hydrogen) atoms. The maximum atomic E-state index is 13.2. The third-order valence-electron chi connectivity index (χ3n) is 5.88. The number of carbonyl (C=O) groups excluding carboxylic acids is 1. The number of sulfone groups is 1. The lowest BCUT2D eigenvalue weighted by Gasteiger charge is -2.38. The van der Waals surface area contributed by atoms with Crippen molar-refractivity contribution >= 4 is 27.5 Å². The van der Waals surface area contributed by atoms with Crippen molar-refractivity contribution in [2.24, 2.45) is 0 Å². The van der Waals surface area contributed by atoms with E-state index in [2.05, 4.69) is 10.2 Å². The Balaban J connectivity index is 1.47. The van der Waals surface area contributed by atoms with E-state index in [1.54, 1.807) is 0 Å². The van der Waals surface area contributed by atoms with E-state index in [0.717, 1.165) is 31.2 Å². The molecule has 0 spiro atoms. The molecule has 1 saturated carbocycles. The third-order valence-corrected chi connectivity index (χ3v) is 8.56. The average molecular weight is 450 g/mol. The van der Waals surface area contributed by atoms with E-state index < -0.39 is 9.84 Å². The highest BCUT2D eigenvalue weighted by molar-refractivity contribution is 7.99. The number of nitrogen functional groups attached to an aromatic ring is 1. The highest BCUT2D eigenvalue weighted by atomic mass is 32.2. The zero-order chi connectivity index (χ0) is 21.1. The van der Waals surface area contributed by atoms with Crippen molar-refractivity contribution in [3.8, 4) is 11.4 Å². The van der Waals surface area contributed by atoms with Gasteiger partial charge in [0.25, 0.3) is 0 Å². The third kappa shape index (κ3) is 4.64. The first-order valence-electron chi connectivity index (χ1n) is 10.3. The fraction of sp³-hybridized carbons (Fsp3) is 0.550. The molecule has 4 rings (SSSR count). The molecule has 2 N–H and O–H groups in total. The molecule has 1 unspecified atom stereocenters. The molecule has 2 aromatic rings. The van der Waals surface area contributed by atoms with Crippen molar-refractivity contribution < 1.29 is 13.2 Å². The van der Waals surface area contributed by atoms with E-state index in [9.17, 15) is 13.2 Å². The van der Waals surface area contributed by atoms with Gasteiger partial charge in [0.15, 0.2) is 15.7 Å². The minimum absolute atomic E-state index is 0.0433. The van der Waals surface area contributed by atoms with Crippen molar-refractivity contribution in [1.29, 1.82) is 0 Å². The first-order valence-corrected chi connectivity index (χ1v) is 13.2. The fourth-order valence-electron chi connectivity index (χ4n) is 4.42. The number of hydrogen-bond donors (Lipinski definition) is 1. The van der Waals surface area contributed by atoms with Crippen LogP contribution in [-0.2, 0) is 14.6 Å². The molecule has 162 valence electrons. The summed E-state index contributed by atoms with van der Waals surface area (Å²) in [7, 11) is -3.06. The zero-order valence-electron chi connectivity index (χ0n) is 16.8. The van der Waals surface area contributed by atoms with Gasteiger partial charge in [0.2, 0.25) is 11.1 Å². The molecule has 0 bridgehead atoms. The number of nitrogens with zero attached hydrogens (tertiary/aromatic N) is 4. The molecule has 10 heteroatoms. The van der Waals surface area contributed by atoms with E-state index >= 15 is 0 Å². The van der Waals surface area contributed by atoms with Crippen LogP contribution in [0.5, 0.6) is 0 Å². The van der Waals surface area contributed by atoms with Gasteiger partial charge in [-0.2, -0.15) is 0 Å². The molecule has 1 aromatic heterocycles. The standard InChI is InChI=1S/C20H27N5O3S2/c21-25-19(15-7-3-1-4-8-15)22-23-20(25)29-13-18(26)24(16-9-5-2-6-10-16)17-11-12-30(27,28)14-17/h1,3-4,7-8,16-17H,2,5-6,9-14,21H2. The van der Waals surface area contributed by atoms with Crippen LogP contribution >= 0.6 is 11.8 Å². The zero-order valence-corrected chi connectivity index (χ0v) is 18.4. The van der Waals surface area contributed by atoms with E-state index in [-0.39, 0.29) is 35.2 Å². The molecule has 1 saturated heterocycles. The van der Waals surface area contributed by atoms with E-state index in [4.69, 9.17) is 5.84 Å². The number of thioether (sulfide) groups is 1. The van der Waals surface area contributed by atoms with Gasteiger partial charge in [-0.1, -0.05) is 61.4 Å². The smallest absolute Gasteiger partial charge is 0.233 e. The van der Waals surface area contributed by atoms with Gasteiger partial charge in [-0.3, -0.25) is 4.79 Å². The van der Waals surface area contributed by atoms with Gasteiger partial charge >= 0.3 is 0 Å². The minimum atomic E-state index is -3.06. The Hall–Kier alpha value is -2.07. The van der Waals surface area contributed by atoms with E-state index in [0.29, 0.717) is 17.4 Å². The number of nitrogens with two attached hydrogens (primary N) is 1. The van der Waals surface area contributed by atoms with Gasteiger partial charge in [-0.05, 0) is 19.3 Å². The highest BCUT2D eigenvalue weighted by Crippen LogP contribution is 2.30. The Morgan fingerprint density at radius 3 is 2.50 bits per heavy atom. The lowest BCUT2D eigenvalue weighted by atomic mass is 9.93. The quantitative estimate of drug-likeness (QED) is 0.531. The van der Waals surface area contributed by atoms with Crippen molar-refractivity contribution in [1.82, 2.24) is 19.8 Å². The topological polar surface area (TPSA) is 111 Å². The van der Waals surface area contributed by atoms with Crippen LogP contribution in [0.15, 0.2) is 35.5 Å². The van der Waals surface area contributed by atoms with Crippen LogP contribution in [-0.4, -0.2) is 63.4 Å². The van der Waals surface area contributed by atoms with Crippen LogP contribution in [0, 0.1) is 0 Å². The Kier molecular flexibility index (Phi) is 6.33. The highest BCUT2D eigenvalue weighted by Gasteiger charge is 2.38. The van der Waals surface area contributed by atoms with Crippen LogP contribution in [0.2, 0.25) is 0 Å². The second kappa shape index (κ2) is 8.97.